The fourth-order valence-corrected chi connectivity index (χ4v) is 1.82. The molecule has 1 aromatic heterocycles. The van der Waals surface area contributed by atoms with E-state index in [9.17, 15) is 9.59 Å². The Hall–Kier alpha value is -3.15. The van der Waals surface area contributed by atoms with Gasteiger partial charge >= 0.3 is 5.97 Å². The van der Waals surface area contributed by atoms with Crippen LogP contribution in [0.4, 0.5) is 0 Å². The number of esters is 1. The molecule has 6 nitrogen and oxygen atoms in total. The lowest BCUT2D eigenvalue weighted by atomic mass is 10.2. The van der Waals surface area contributed by atoms with Crippen molar-refractivity contribution in [1.29, 1.82) is 0 Å². The van der Waals surface area contributed by atoms with Gasteiger partial charge in [-0.2, -0.15) is 0 Å². The van der Waals surface area contributed by atoms with Crippen molar-refractivity contribution < 1.29 is 19.1 Å². The standard InChI is InChI=1S/C18H18N2O4/c1-3-11-19-16(21)13(2)23-18(22)15-10-7-12-20-17(15)24-14-8-5-4-6-9-14/h3-10,12-13H,1,11H2,2H3,(H,19,21). The predicted octanol–water partition coefficient (Wildman–Crippen LogP) is 2.72. The number of ether oxygens (including phenoxy) is 2. The first-order chi connectivity index (χ1) is 11.6. The third-order valence-corrected chi connectivity index (χ3v) is 3.02. The quantitative estimate of drug-likeness (QED) is 0.625. The summed E-state index contributed by atoms with van der Waals surface area (Å²) < 4.78 is 10.8. The van der Waals surface area contributed by atoms with Gasteiger partial charge in [-0.25, -0.2) is 9.78 Å². The molecule has 0 saturated heterocycles. The molecule has 24 heavy (non-hydrogen) atoms. The Bertz CT molecular complexity index is 716. The predicted molar refractivity (Wildman–Crippen MR) is 88.8 cm³/mol. The van der Waals surface area contributed by atoms with Crippen LogP contribution in [0.15, 0.2) is 61.3 Å². The number of para-hydroxylation sites is 1. The molecule has 0 radical (unpaired) electrons. The maximum atomic E-state index is 12.3. The SMILES string of the molecule is C=CCNC(=O)C(C)OC(=O)c1cccnc1Oc1ccccc1. The Morgan fingerprint density at radius 3 is 2.71 bits per heavy atom. The van der Waals surface area contributed by atoms with E-state index in [0.717, 1.165) is 0 Å². The van der Waals surface area contributed by atoms with Gasteiger partial charge in [0.1, 0.15) is 11.3 Å². The number of hydrogen-bond donors (Lipinski definition) is 1. The second kappa shape index (κ2) is 8.47. The molecule has 0 saturated carbocycles. The van der Waals surface area contributed by atoms with Gasteiger partial charge in [-0.15, -0.1) is 6.58 Å². The van der Waals surface area contributed by atoms with Crippen LogP contribution in [0.25, 0.3) is 0 Å². The van der Waals surface area contributed by atoms with E-state index < -0.39 is 18.0 Å². The Balaban J connectivity index is 2.09. The number of carbonyl (C=O) groups is 2. The van der Waals surface area contributed by atoms with E-state index in [0.29, 0.717) is 12.3 Å². The molecule has 1 unspecified atom stereocenters. The molecule has 2 rings (SSSR count). The van der Waals surface area contributed by atoms with Crippen molar-refractivity contribution in [2.24, 2.45) is 0 Å². The largest absolute Gasteiger partial charge is 0.449 e. The van der Waals surface area contributed by atoms with Gasteiger partial charge in [-0.3, -0.25) is 4.79 Å². The molecule has 2 aromatic rings. The number of rotatable bonds is 7. The summed E-state index contributed by atoms with van der Waals surface area (Å²) in [4.78, 5) is 28.1. The number of pyridine rings is 1. The Morgan fingerprint density at radius 2 is 2.00 bits per heavy atom. The lowest BCUT2D eigenvalue weighted by Gasteiger charge is -2.14. The van der Waals surface area contributed by atoms with Crippen LogP contribution in [0.2, 0.25) is 0 Å². The van der Waals surface area contributed by atoms with Crippen LogP contribution in [0.5, 0.6) is 11.6 Å². The maximum absolute atomic E-state index is 12.3. The fourth-order valence-electron chi connectivity index (χ4n) is 1.82. The van der Waals surface area contributed by atoms with E-state index in [2.05, 4.69) is 16.9 Å². The van der Waals surface area contributed by atoms with Crippen molar-refractivity contribution in [3.63, 3.8) is 0 Å². The van der Waals surface area contributed by atoms with Crippen molar-refractivity contribution in [3.05, 3.63) is 66.9 Å². The van der Waals surface area contributed by atoms with Crippen LogP contribution in [-0.2, 0) is 9.53 Å². The molecular weight excluding hydrogens is 308 g/mol. The monoisotopic (exact) mass is 326 g/mol. The first kappa shape index (κ1) is 17.2. The van der Waals surface area contributed by atoms with E-state index in [1.54, 1.807) is 24.3 Å². The average Bonchev–Trinajstić information content (AvgIpc) is 2.60. The lowest BCUT2D eigenvalue weighted by molar-refractivity contribution is -0.128. The summed E-state index contributed by atoms with van der Waals surface area (Å²) in [7, 11) is 0. The number of benzene rings is 1. The third kappa shape index (κ3) is 4.67. The smallest absolute Gasteiger partial charge is 0.344 e. The summed E-state index contributed by atoms with van der Waals surface area (Å²) in [5.74, 6) is -0.428. The summed E-state index contributed by atoms with van der Waals surface area (Å²) >= 11 is 0. The van der Waals surface area contributed by atoms with Crippen molar-refractivity contribution in [2.75, 3.05) is 6.54 Å². The molecule has 0 spiro atoms. The molecule has 6 heteroatoms. The highest BCUT2D eigenvalue weighted by molar-refractivity contribution is 5.94. The van der Waals surface area contributed by atoms with E-state index >= 15 is 0 Å². The number of hydrogen-bond acceptors (Lipinski definition) is 5. The van der Waals surface area contributed by atoms with Gasteiger partial charge in [-0.1, -0.05) is 24.3 Å². The summed E-state index contributed by atoms with van der Waals surface area (Å²) in [5.41, 5.74) is 0.143. The Morgan fingerprint density at radius 1 is 1.25 bits per heavy atom. The van der Waals surface area contributed by atoms with Crippen LogP contribution in [0, 0.1) is 0 Å². The first-order valence-electron chi connectivity index (χ1n) is 7.39. The van der Waals surface area contributed by atoms with Gasteiger partial charge in [0.15, 0.2) is 6.10 Å². The van der Waals surface area contributed by atoms with Gasteiger partial charge in [0.05, 0.1) is 0 Å². The van der Waals surface area contributed by atoms with Gasteiger partial charge in [0.2, 0.25) is 5.88 Å². The Labute approximate surface area is 140 Å². The van der Waals surface area contributed by atoms with Gasteiger partial charge in [-0.05, 0) is 31.2 Å². The van der Waals surface area contributed by atoms with Crippen molar-refractivity contribution >= 4 is 11.9 Å². The van der Waals surface area contributed by atoms with Crippen molar-refractivity contribution in [1.82, 2.24) is 10.3 Å². The van der Waals surface area contributed by atoms with Crippen molar-refractivity contribution in [2.45, 2.75) is 13.0 Å². The molecule has 1 aromatic carbocycles. The lowest BCUT2D eigenvalue weighted by Crippen LogP contribution is -2.35. The minimum Gasteiger partial charge on any atom is -0.449 e. The summed E-state index contributed by atoms with van der Waals surface area (Å²) in [6, 6.07) is 12.1. The molecule has 1 heterocycles. The Kier molecular flexibility index (Phi) is 6.08. The molecule has 0 aliphatic rings. The van der Waals surface area contributed by atoms with E-state index in [4.69, 9.17) is 9.47 Å². The fraction of sp³-hybridized carbons (Fsp3) is 0.167. The van der Waals surface area contributed by atoms with E-state index in [-0.39, 0.29) is 11.4 Å². The maximum Gasteiger partial charge on any atom is 0.344 e. The second-order valence-electron chi connectivity index (χ2n) is 4.85. The molecule has 1 atom stereocenters. The minimum absolute atomic E-state index is 0.118. The van der Waals surface area contributed by atoms with Crippen LogP contribution in [-0.4, -0.2) is 29.5 Å². The zero-order chi connectivity index (χ0) is 17.4. The number of amides is 1. The van der Waals surface area contributed by atoms with Crippen LogP contribution in [0.1, 0.15) is 17.3 Å². The zero-order valence-corrected chi connectivity index (χ0v) is 13.3. The highest BCUT2D eigenvalue weighted by Crippen LogP contribution is 2.23. The van der Waals surface area contributed by atoms with E-state index in [1.807, 2.05) is 18.2 Å². The number of nitrogens with one attached hydrogen (secondary N) is 1. The first-order valence-corrected chi connectivity index (χ1v) is 7.39. The summed E-state index contributed by atoms with van der Waals surface area (Å²) in [6.45, 7) is 5.30. The molecule has 0 aliphatic heterocycles. The number of carbonyl (C=O) groups excluding carboxylic acids is 2. The molecule has 0 bridgehead atoms. The molecule has 1 N–H and O–H groups in total. The topological polar surface area (TPSA) is 77.5 Å². The van der Waals surface area contributed by atoms with Gasteiger partial charge < -0.3 is 14.8 Å². The summed E-state index contributed by atoms with van der Waals surface area (Å²) in [6.07, 6.45) is 2.11. The number of aromatic nitrogens is 1. The normalized spacial score (nSPS) is 11.2. The highest BCUT2D eigenvalue weighted by atomic mass is 16.6. The van der Waals surface area contributed by atoms with Crippen LogP contribution < -0.4 is 10.1 Å². The highest BCUT2D eigenvalue weighted by Gasteiger charge is 2.21. The third-order valence-electron chi connectivity index (χ3n) is 3.02. The molecule has 1 amide bonds. The summed E-state index contributed by atoms with van der Waals surface area (Å²) in [5, 5.41) is 2.56. The minimum atomic E-state index is -0.942. The second-order valence-corrected chi connectivity index (χ2v) is 4.85. The number of nitrogens with zero attached hydrogens (tertiary/aromatic N) is 1. The van der Waals surface area contributed by atoms with Crippen LogP contribution in [0.3, 0.4) is 0 Å². The average molecular weight is 326 g/mol. The van der Waals surface area contributed by atoms with E-state index in [1.165, 1.54) is 19.2 Å². The molecule has 124 valence electrons. The molecular formula is C18H18N2O4. The zero-order valence-electron chi connectivity index (χ0n) is 13.3. The van der Waals surface area contributed by atoms with Gasteiger partial charge in [0, 0.05) is 12.7 Å². The van der Waals surface area contributed by atoms with Crippen LogP contribution >= 0.6 is 0 Å². The van der Waals surface area contributed by atoms with Gasteiger partial charge in [0.25, 0.3) is 5.91 Å². The molecule has 0 fully saturated rings. The van der Waals surface area contributed by atoms with Crippen molar-refractivity contribution in [3.8, 4) is 11.6 Å². The molecule has 0 aliphatic carbocycles.